The lowest BCUT2D eigenvalue weighted by molar-refractivity contribution is -0.118. The number of pyridine rings is 1. The highest BCUT2D eigenvalue weighted by atomic mass is 16.3. The Morgan fingerprint density at radius 1 is 1.53 bits per heavy atom. The molecule has 0 aliphatic rings. The SMILES string of the molecule is CC(C)(C)C(CCO)NC(=O)/C=C/c1cccnc1. The molecule has 0 bridgehead atoms. The van der Waals surface area contributed by atoms with E-state index in [1.807, 2.05) is 32.9 Å². The lowest BCUT2D eigenvalue weighted by atomic mass is 9.85. The second kappa shape index (κ2) is 7.04. The Hall–Kier alpha value is -1.68. The molecule has 1 rings (SSSR count). The number of hydrogen-bond donors (Lipinski definition) is 2. The maximum Gasteiger partial charge on any atom is 0.244 e. The molecule has 1 unspecified atom stereocenters. The Morgan fingerprint density at radius 2 is 2.26 bits per heavy atom. The molecule has 0 aromatic carbocycles. The first-order chi connectivity index (χ1) is 8.93. The minimum atomic E-state index is -0.155. The maximum absolute atomic E-state index is 11.8. The highest BCUT2D eigenvalue weighted by Crippen LogP contribution is 2.21. The molecule has 0 spiro atoms. The van der Waals surface area contributed by atoms with Crippen molar-refractivity contribution in [2.75, 3.05) is 6.61 Å². The summed E-state index contributed by atoms with van der Waals surface area (Å²) in [6.45, 7) is 6.18. The van der Waals surface area contributed by atoms with Gasteiger partial charge in [-0.2, -0.15) is 0 Å². The molecule has 0 aliphatic heterocycles. The molecule has 19 heavy (non-hydrogen) atoms. The summed E-state index contributed by atoms with van der Waals surface area (Å²) in [4.78, 5) is 15.8. The molecule has 1 amide bonds. The van der Waals surface area contributed by atoms with Crippen LogP contribution in [-0.2, 0) is 4.79 Å². The van der Waals surface area contributed by atoms with Crippen LogP contribution in [0.25, 0.3) is 6.08 Å². The minimum Gasteiger partial charge on any atom is -0.396 e. The summed E-state index contributed by atoms with van der Waals surface area (Å²) in [6, 6.07) is 3.65. The number of amides is 1. The average Bonchev–Trinajstić information content (AvgIpc) is 2.36. The van der Waals surface area contributed by atoms with Crippen molar-refractivity contribution in [2.24, 2.45) is 5.41 Å². The Morgan fingerprint density at radius 3 is 2.79 bits per heavy atom. The van der Waals surface area contributed by atoms with E-state index in [2.05, 4.69) is 10.3 Å². The second-order valence-corrected chi connectivity index (χ2v) is 5.56. The van der Waals surface area contributed by atoms with Gasteiger partial charge in [0.05, 0.1) is 0 Å². The third kappa shape index (κ3) is 5.66. The molecule has 0 aliphatic carbocycles. The smallest absolute Gasteiger partial charge is 0.244 e. The van der Waals surface area contributed by atoms with Crippen LogP contribution in [0.5, 0.6) is 0 Å². The number of aromatic nitrogens is 1. The van der Waals surface area contributed by atoms with Crippen molar-refractivity contribution in [1.29, 1.82) is 0 Å². The first-order valence-corrected chi connectivity index (χ1v) is 6.43. The summed E-state index contributed by atoms with van der Waals surface area (Å²) >= 11 is 0. The number of aliphatic hydroxyl groups is 1. The molecule has 0 saturated carbocycles. The van der Waals surface area contributed by atoms with Gasteiger partial charge >= 0.3 is 0 Å². The summed E-state index contributed by atoms with van der Waals surface area (Å²) in [5.41, 5.74) is 0.799. The number of carbonyl (C=O) groups excluding carboxylic acids is 1. The number of carbonyl (C=O) groups is 1. The molecule has 0 radical (unpaired) electrons. The fourth-order valence-electron chi connectivity index (χ4n) is 1.72. The lowest BCUT2D eigenvalue weighted by Gasteiger charge is -2.30. The molecular weight excluding hydrogens is 240 g/mol. The van der Waals surface area contributed by atoms with Crippen molar-refractivity contribution < 1.29 is 9.90 Å². The summed E-state index contributed by atoms with van der Waals surface area (Å²) in [5, 5.41) is 12.0. The fourth-order valence-corrected chi connectivity index (χ4v) is 1.72. The van der Waals surface area contributed by atoms with E-state index in [0.717, 1.165) is 5.56 Å². The molecular formula is C15H22N2O2. The Labute approximate surface area is 114 Å². The predicted octanol–water partition coefficient (Wildman–Crippen LogP) is 2.01. The molecule has 4 nitrogen and oxygen atoms in total. The summed E-state index contributed by atoms with van der Waals surface area (Å²) < 4.78 is 0. The van der Waals surface area contributed by atoms with Crippen LogP contribution in [0.1, 0.15) is 32.8 Å². The average molecular weight is 262 g/mol. The van der Waals surface area contributed by atoms with E-state index < -0.39 is 0 Å². The van der Waals surface area contributed by atoms with Gasteiger partial charge in [0, 0.05) is 31.1 Å². The highest BCUT2D eigenvalue weighted by molar-refractivity contribution is 5.91. The minimum absolute atomic E-state index is 0.0523. The van der Waals surface area contributed by atoms with E-state index in [1.165, 1.54) is 6.08 Å². The zero-order valence-corrected chi connectivity index (χ0v) is 11.8. The predicted molar refractivity (Wildman–Crippen MR) is 76.4 cm³/mol. The van der Waals surface area contributed by atoms with E-state index in [0.29, 0.717) is 6.42 Å². The van der Waals surface area contributed by atoms with Crippen molar-refractivity contribution in [3.05, 3.63) is 36.2 Å². The molecule has 1 aromatic heterocycles. The van der Waals surface area contributed by atoms with Gasteiger partial charge in [0.15, 0.2) is 0 Å². The van der Waals surface area contributed by atoms with Gasteiger partial charge in [-0.3, -0.25) is 9.78 Å². The van der Waals surface area contributed by atoms with Gasteiger partial charge in [0.25, 0.3) is 0 Å². The van der Waals surface area contributed by atoms with E-state index >= 15 is 0 Å². The van der Waals surface area contributed by atoms with Gasteiger partial charge in [0.1, 0.15) is 0 Å². The topological polar surface area (TPSA) is 62.2 Å². The van der Waals surface area contributed by atoms with Crippen LogP contribution in [0.3, 0.4) is 0 Å². The third-order valence-electron chi connectivity index (χ3n) is 2.89. The first kappa shape index (κ1) is 15.4. The van der Waals surface area contributed by atoms with Crippen molar-refractivity contribution in [1.82, 2.24) is 10.3 Å². The molecule has 104 valence electrons. The Kier molecular flexibility index (Phi) is 5.70. The van der Waals surface area contributed by atoms with Crippen LogP contribution in [0.4, 0.5) is 0 Å². The molecule has 1 heterocycles. The van der Waals surface area contributed by atoms with Gasteiger partial charge in [-0.25, -0.2) is 0 Å². The van der Waals surface area contributed by atoms with Crippen molar-refractivity contribution in [2.45, 2.75) is 33.2 Å². The second-order valence-electron chi connectivity index (χ2n) is 5.56. The number of nitrogens with one attached hydrogen (secondary N) is 1. The van der Waals surface area contributed by atoms with Crippen molar-refractivity contribution in [3.63, 3.8) is 0 Å². The van der Waals surface area contributed by atoms with Crippen LogP contribution in [0.15, 0.2) is 30.6 Å². The van der Waals surface area contributed by atoms with Gasteiger partial charge in [-0.05, 0) is 29.5 Å². The zero-order chi connectivity index (χ0) is 14.3. The van der Waals surface area contributed by atoms with Gasteiger partial charge in [-0.1, -0.05) is 26.8 Å². The van der Waals surface area contributed by atoms with E-state index in [4.69, 9.17) is 5.11 Å². The number of hydrogen-bond acceptors (Lipinski definition) is 3. The molecule has 1 atom stereocenters. The quantitative estimate of drug-likeness (QED) is 0.798. The molecule has 1 aromatic rings. The molecule has 0 fully saturated rings. The zero-order valence-electron chi connectivity index (χ0n) is 11.8. The number of aliphatic hydroxyl groups excluding tert-OH is 1. The summed E-state index contributed by atoms with van der Waals surface area (Å²) in [7, 11) is 0. The maximum atomic E-state index is 11.8. The van der Waals surface area contributed by atoms with Gasteiger partial charge in [0.2, 0.25) is 5.91 Å². The van der Waals surface area contributed by atoms with E-state index in [9.17, 15) is 4.79 Å². The standard InChI is InChI=1S/C15H22N2O2/c1-15(2,3)13(8-10-18)17-14(19)7-6-12-5-4-9-16-11-12/h4-7,9,11,13,18H,8,10H2,1-3H3,(H,17,19)/b7-6+. The Bertz CT molecular complexity index is 422. The fraction of sp³-hybridized carbons (Fsp3) is 0.467. The van der Waals surface area contributed by atoms with Crippen LogP contribution < -0.4 is 5.32 Å². The van der Waals surface area contributed by atoms with Crippen LogP contribution in [0.2, 0.25) is 0 Å². The molecule has 2 N–H and O–H groups in total. The Balaban J connectivity index is 2.61. The van der Waals surface area contributed by atoms with Crippen LogP contribution in [-0.4, -0.2) is 28.6 Å². The first-order valence-electron chi connectivity index (χ1n) is 6.43. The highest BCUT2D eigenvalue weighted by Gasteiger charge is 2.24. The summed E-state index contributed by atoms with van der Waals surface area (Å²) in [5.74, 6) is -0.155. The molecule has 4 heteroatoms. The van der Waals surface area contributed by atoms with Gasteiger partial charge < -0.3 is 10.4 Å². The number of nitrogens with zero attached hydrogens (tertiary/aromatic N) is 1. The van der Waals surface area contributed by atoms with Crippen molar-refractivity contribution >= 4 is 12.0 Å². The lowest BCUT2D eigenvalue weighted by Crippen LogP contribution is -2.43. The number of rotatable bonds is 5. The van der Waals surface area contributed by atoms with Crippen LogP contribution in [0, 0.1) is 5.41 Å². The third-order valence-corrected chi connectivity index (χ3v) is 2.89. The van der Waals surface area contributed by atoms with E-state index in [-0.39, 0.29) is 24.0 Å². The largest absolute Gasteiger partial charge is 0.396 e. The van der Waals surface area contributed by atoms with Gasteiger partial charge in [-0.15, -0.1) is 0 Å². The van der Waals surface area contributed by atoms with Crippen molar-refractivity contribution in [3.8, 4) is 0 Å². The van der Waals surface area contributed by atoms with Crippen LogP contribution >= 0.6 is 0 Å². The van der Waals surface area contributed by atoms with E-state index in [1.54, 1.807) is 18.5 Å². The monoisotopic (exact) mass is 262 g/mol. The summed E-state index contributed by atoms with van der Waals surface area (Å²) in [6.07, 6.45) is 7.15. The molecule has 0 saturated heterocycles. The normalized spacial score (nSPS) is 13.5.